The number of hydrogen-bond donors (Lipinski definition) is 4. The van der Waals surface area contributed by atoms with Crippen LogP contribution in [0.3, 0.4) is 0 Å². The highest BCUT2D eigenvalue weighted by Crippen LogP contribution is 2.07. The number of aromatic nitrogens is 4. The van der Waals surface area contributed by atoms with E-state index in [2.05, 4.69) is 30.7 Å². The van der Waals surface area contributed by atoms with Gasteiger partial charge in [0.25, 0.3) is 5.91 Å². The molecule has 18 heavy (non-hydrogen) atoms. The number of carbonyl (C=O) groups excluding carboxylic acids is 1. The SMILES string of the molecule is CC(NC(=O)c1cncc(NN)n1)c1ncc[nH]1. The molecule has 1 unspecified atom stereocenters. The van der Waals surface area contributed by atoms with Crippen LogP contribution in [0.1, 0.15) is 29.3 Å². The fourth-order valence-corrected chi connectivity index (χ4v) is 1.40. The van der Waals surface area contributed by atoms with Crippen LogP contribution < -0.4 is 16.6 Å². The van der Waals surface area contributed by atoms with Gasteiger partial charge in [-0.3, -0.25) is 9.78 Å². The van der Waals surface area contributed by atoms with Crippen LogP contribution in [0.25, 0.3) is 0 Å². The Morgan fingerprint density at radius 3 is 3.00 bits per heavy atom. The van der Waals surface area contributed by atoms with E-state index in [0.717, 1.165) is 0 Å². The third-order valence-electron chi connectivity index (χ3n) is 2.29. The third kappa shape index (κ3) is 2.61. The number of nitrogens with zero attached hydrogens (tertiary/aromatic N) is 3. The van der Waals surface area contributed by atoms with Gasteiger partial charge in [0, 0.05) is 12.4 Å². The van der Waals surface area contributed by atoms with Gasteiger partial charge in [-0.1, -0.05) is 0 Å². The lowest BCUT2D eigenvalue weighted by atomic mass is 10.3. The summed E-state index contributed by atoms with van der Waals surface area (Å²) < 4.78 is 0. The first-order valence-corrected chi connectivity index (χ1v) is 5.29. The summed E-state index contributed by atoms with van der Waals surface area (Å²) in [7, 11) is 0. The van der Waals surface area contributed by atoms with E-state index in [9.17, 15) is 4.79 Å². The molecule has 0 radical (unpaired) electrons. The number of hydrogen-bond acceptors (Lipinski definition) is 6. The summed E-state index contributed by atoms with van der Waals surface area (Å²) in [6.45, 7) is 1.81. The van der Waals surface area contributed by atoms with Crippen LogP contribution in [-0.2, 0) is 0 Å². The number of hydrazine groups is 1. The van der Waals surface area contributed by atoms with Gasteiger partial charge in [0.15, 0.2) is 5.82 Å². The van der Waals surface area contributed by atoms with E-state index >= 15 is 0 Å². The molecule has 8 nitrogen and oxygen atoms in total. The van der Waals surface area contributed by atoms with Gasteiger partial charge in [-0.15, -0.1) is 0 Å². The van der Waals surface area contributed by atoms with Crippen molar-refractivity contribution in [2.45, 2.75) is 13.0 Å². The van der Waals surface area contributed by atoms with E-state index < -0.39 is 0 Å². The van der Waals surface area contributed by atoms with Gasteiger partial charge in [-0.05, 0) is 6.92 Å². The minimum Gasteiger partial charge on any atom is -0.347 e. The Bertz CT molecular complexity index is 525. The summed E-state index contributed by atoms with van der Waals surface area (Å²) in [5.41, 5.74) is 2.52. The predicted octanol–water partition coefficient (Wildman–Crippen LogP) is -0.0237. The van der Waals surface area contributed by atoms with Crippen molar-refractivity contribution < 1.29 is 4.79 Å². The molecule has 94 valence electrons. The largest absolute Gasteiger partial charge is 0.347 e. The number of H-pyrrole nitrogens is 1. The molecule has 0 spiro atoms. The van der Waals surface area contributed by atoms with Crippen molar-refractivity contribution in [2.24, 2.45) is 5.84 Å². The molecule has 5 N–H and O–H groups in total. The molecular weight excluding hydrogens is 234 g/mol. The smallest absolute Gasteiger partial charge is 0.272 e. The maximum absolute atomic E-state index is 11.9. The lowest BCUT2D eigenvalue weighted by molar-refractivity contribution is 0.0933. The number of anilines is 1. The van der Waals surface area contributed by atoms with Gasteiger partial charge in [0.1, 0.15) is 11.5 Å². The molecule has 0 fully saturated rings. The zero-order valence-corrected chi connectivity index (χ0v) is 9.71. The normalized spacial score (nSPS) is 11.9. The predicted molar refractivity (Wildman–Crippen MR) is 64.3 cm³/mol. The third-order valence-corrected chi connectivity index (χ3v) is 2.29. The Morgan fingerprint density at radius 1 is 1.50 bits per heavy atom. The van der Waals surface area contributed by atoms with Gasteiger partial charge in [0.05, 0.1) is 18.4 Å². The van der Waals surface area contributed by atoms with Gasteiger partial charge < -0.3 is 15.7 Å². The van der Waals surface area contributed by atoms with E-state index in [1.165, 1.54) is 12.4 Å². The fourth-order valence-electron chi connectivity index (χ4n) is 1.40. The standard InChI is InChI=1S/C10H13N7O/c1-6(9-13-2-3-14-9)15-10(18)7-4-12-5-8(16-7)17-11/h2-6H,11H2,1H3,(H,13,14)(H,15,18)(H,16,17). The van der Waals surface area contributed by atoms with Crippen molar-refractivity contribution in [1.82, 2.24) is 25.3 Å². The molecule has 2 rings (SSSR count). The number of imidazole rings is 1. The highest BCUT2D eigenvalue weighted by Gasteiger charge is 2.14. The molecule has 2 aromatic rings. The number of nitrogens with two attached hydrogens (primary N) is 1. The Hall–Kier alpha value is -2.48. The maximum Gasteiger partial charge on any atom is 0.272 e. The van der Waals surface area contributed by atoms with Crippen molar-refractivity contribution in [3.63, 3.8) is 0 Å². The first-order valence-electron chi connectivity index (χ1n) is 5.29. The number of carbonyl (C=O) groups is 1. The van der Waals surface area contributed by atoms with Gasteiger partial charge in [-0.25, -0.2) is 15.8 Å². The molecular formula is C10H13N7O. The van der Waals surface area contributed by atoms with Crippen LogP contribution in [0.2, 0.25) is 0 Å². The first-order chi connectivity index (χ1) is 8.70. The zero-order chi connectivity index (χ0) is 13.0. The average Bonchev–Trinajstić information content (AvgIpc) is 2.92. The topological polar surface area (TPSA) is 122 Å². The fraction of sp³-hybridized carbons (Fsp3) is 0.200. The second-order valence-corrected chi connectivity index (χ2v) is 3.60. The Kier molecular flexibility index (Phi) is 3.49. The van der Waals surface area contributed by atoms with E-state index in [0.29, 0.717) is 11.6 Å². The van der Waals surface area contributed by atoms with Crippen LogP contribution in [0.15, 0.2) is 24.8 Å². The molecule has 1 amide bonds. The van der Waals surface area contributed by atoms with Crippen LogP contribution in [0, 0.1) is 0 Å². The summed E-state index contributed by atoms with van der Waals surface area (Å²) in [6.07, 6.45) is 6.10. The second kappa shape index (κ2) is 5.23. The highest BCUT2D eigenvalue weighted by molar-refractivity contribution is 5.92. The maximum atomic E-state index is 11.9. The van der Waals surface area contributed by atoms with E-state index in [-0.39, 0.29) is 17.6 Å². The van der Waals surface area contributed by atoms with Gasteiger partial charge in [0.2, 0.25) is 0 Å². The van der Waals surface area contributed by atoms with Crippen LogP contribution in [-0.4, -0.2) is 25.8 Å². The summed E-state index contributed by atoms with van der Waals surface area (Å²) in [4.78, 5) is 26.7. The Balaban J connectivity index is 2.07. The van der Waals surface area contributed by atoms with Crippen molar-refractivity contribution >= 4 is 11.7 Å². The lowest BCUT2D eigenvalue weighted by Gasteiger charge is -2.11. The van der Waals surface area contributed by atoms with Crippen molar-refractivity contribution in [3.05, 3.63) is 36.3 Å². The number of aromatic amines is 1. The zero-order valence-electron chi connectivity index (χ0n) is 9.71. The first kappa shape index (κ1) is 12.0. The molecule has 0 saturated heterocycles. The molecule has 0 aromatic carbocycles. The molecule has 0 aliphatic heterocycles. The molecule has 2 aromatic heterocycles. The van der Waals surface area contributed by atoms with Crippen LogP contribution in [0.4, 0.5) is 5.82 Å². The highest BCUT2D eigenvalue weighted by atomic mass is 16.2. The van der Waals surface area contributed by atoms with Gasteiger partial charge >= 0.3 is 0 Å². The molecule has 0 aliphatic rings. The van der Waals surface area contributed by atoms with Crippen LogP contribution >= 0.6 is 0 Å². The minimum atomic E-state index is -0.344. The Morgan fingerprint density at radius 2 is 2.33 bits per heavy atom. The van der Waals surface area contributed by atoms with E-state index in [4.69, 9.17) is 5.84 Å². The summed E-state index contributed by atoms with van der Waals surface area (Å²) in [5.74, 6) is 5.85. The monoisotopic (exact) mass is 247 g/mol. The molecule has 2 heterocycles. The second-order valence-electron chi connectivity index (χ2n) is 3.60. The molecule has 0 aliphatic carbocycles. The van der Waals surface area contributed by atoms with E-state index in [1.807, 2.05) is 6.92 Å². The lowest BCUT2D eigenvalue weighted by Crippen LogP contribution is -2.28. The molecule has 0 saturated carbocycles. The Labute approximate surface area is 103 Å². The van der Waals surface area contributed by atoms with Crippen molar-refractivity contribution in [2.75, 3.05) is 5.43 Å². The summed E-state index contributed by atoms with van der Waals surface area (Å²) in [5, 5.41) is 2.75. The summed E-state index contributed by atoms with van der Waals surface area (Å²) in [6, 6.07) is -0.246. The number of rotatable bonds is 4. The van der Waals surface area contributed by atoms with E-state index in [1.54, 1.807) is 12.4 Å². The average molecular weight is 247 g/mol. The molecule has 1 atom stereocenters. The number of amides is 1. The van der Waals surface area contributed by atoms with Crippen LogP contribution in [0.5, 0.6) is 0 Å². The van der Waals surface area contributed by atoms with Crippen molar-refractivity contribution in [3.8, 4) is 0 Å². The number of nitrogen functional groups attached to an aromatic ring is 1. The van der Waals surface area contributed by atoms with Crippen molar-refractivity contribution in [1.29, 1.82) is 0 Å². The molecule has 8 heteroatoms. The summed E-state index contributed by atoms with van der Waals surface area (Å²) >= 11 is 0. The number of nitrogens with one attached hydrogen (secondary N) is 3. The minimum absolute atomic E-state index is 0.184. The molecule has 0 bridgehead atoms. The quantitative estimate of drug-likeness (QED) is 0.445. The van der Waals surface area contributed by atoms with Gasteiger partial charge in [-0.2, -0.15) is 0 Å².